The second-order valence-corrected chi connectivity index (χ2v) is 4.27. The van der Waals surface area contributed by atoms with Crippen molar-refractivity contribution in [2.75, 3.05) is 20.7 Å². The summed E-state index contributed by atoms with van der Waals surface area (Å²) in [6.07, 6.45) is 0. The molecule has 0 N–H and O–H groups in total. The van der Waals surface area contributed by atoms with E-state index in [9.17, 15) is 9.18 Å². The molecule has 0 bridgehead atoms. The highest BCUT2D eigenvalue weighted by Crippen LogP contribution is 2.16. The Morgan fingerprint density at radius 2 is 2.10 bits per heavy atom. The van der Waals surface area contributed by atoms with Gasteiger partial charge in [0.2, 0.25) is 11.7 Å². The van der Waals surface area contributed by atoms with E-state index in [1.165, 1.54) is 19.2 Å². The Bertz CT molecular complexity index is 583. The van der Waals surface area contributed by atoms with Crippen molar-refractivity contribution in [2.24, 2.45) is 0 Å². The average molecular weight is 279 g/mol. The Hall–Kier alpha value is -2.28. The predicted octanol–water partition coefficient (Wildman–Crippen LogP) is 1.48. The van der Waals surface area contributed by atoms with Crippen LogP contribution >= 0.6 is 0 Å². The van der Waals surface area contributed by atoms with Gasteiger partial charge in [0.05, 0.1) is 20.2 Å². The number of carbonyl (C=O) groups is 1. The van der Waals surface area contributed by atoms with Gasteiger partial charge in [-0.25, -0.2) is 4.39 Å². The lowest BCUT2D eigenvalue weighted by molar-refractivity contribution is -0.141. The van der Waals surface area contributed by atoms with E-state index >= 15 is 0 Å². The summed E-state index contributed by atoms with van der Waals surface area (Å²) in [5, 5.41) is 3.82. The highest BCUT2D eigenvalue weighted by atomic mass is 19.1. The molecule has 0 aliphatic rings. The molecule has 1 heterocycles. The smallest absolute Gasteiger partial charge is 0.319 e. The van der Waals surface area contributed by atoms with Crippen molar-refractivity contribution in [1.82, 2.24) is 15.0 Å². The maximum absolute atomic E-state index is 12.8. The molecule has 6 nitrogen and oxygen atoms in total. The quantitative estimate of drug-likeness (QED) is 0.772. The molecule has 0 atom stereocenters. The molecule has 0 amide bonds. The Labute approximate surface area is 115 Å². The van der Waals surface area contributed by atoms with Crippen LogP contribution < -0.4 is 0 Å². The fraction of sp³-hybridized carbons (Fsp3) is 0.308. The predicted molar refractivity (Wildman–Crippen MR) is 68.0 cm³/mol. The van der Waals surface area contributed by atoms with Crippen LogP contribution in [0.1, 0.15) is 5.89 Å². The second kappa shape index (κ2) is 6.25. The molecule has 0 aliphatic heterocycles. The summed E-state index contributed by atoms with van der Waals surface area (Å²) in [5.41, 5.74) is 0.664. The number of benzene rings is 1. The minimum Gasteiger partial charge on any atom is -0.468 e. The zero-order chi connectivity index (χ0) is 14.5. The summed E-state index contributed by atoms with van der Waals surface area (Å²) >= 11 is 0. The van der Waals surface area contributed by atoms with Gasteiger partial charge < -0.3 is 9.26 Å². The first-order chi connectivity index (χ1) is 9.58. The zero-order valence-electron chi connectivity index (χ0n) is 11.2. The lowest BCUT2D eigenvalue weighted by Gasteiger charge is -2.11. The summed E-state index contributed by atoms with van der Waals surface area (Å²) in [6.45, 7) is 0.452. The molecule has 0 spiro atoms. The van der Waals surface area contributed by atoms with Gasteiger partial charge in [0, 0.05) is 5.56 Å². The van der Waals surface area contributed by atoms with E-state index in [0.29, 0.717) is 23.8 Å². The fourth-order valence-corrected chi connectivity index (χ4v) is 1.61. The number of carbonyl (C=O) groups excluding carboxylic acids is 1. The molecule has 20 heavy (non-hydrogen) atoms. The highest BCUT2D eigenvalue weighted by molar-refractivity contribution is 5.71. The van der Waals surface area contributed by atoms with Crippen LogP contribution in [0, 0.1) is 5.82 Å². The third-order valence-electron chi connectivity index (χ3n) is 2.60. The van der Waals surface area contributed by atoms with Gasteiger partial charge in [-0.05, 0) is 31.3 Å². The van der Waals surface area contributed by atoms with Crippen molar-refractivity contribution in [1.29, 1.82) is 0 Å². The lowest BCUT2D eigenvalue weighted by Crippen LogP contribution is -2.26. The van der Waals surface area contributed by atoms with E-state index in [1.54, 1.807) is 24.1 Å². The van der Waals surface area contributed by atoms with Crippen LogP contribution in [0.2, 0.25) is 0 Å². The van der Waals surface area contributed by atoms with Crippen LogP contribution in [-0.4, -0.2) is 41.7 Å². The van der Waals surface area contributed by atoms with Gasteiger partial charge in [-0.3, -0.25) is 9.69 Å². The van der Waals surface area contributed by atoms with Crippen LogP contribution in [0.3, 0.4) is 0 Å². The number of methoxy groups -OCH3 is 1. The number of nitrogens with zero attached hydrogens (tertiary/aromatic N) is 3. The highest BCUT2D eigenvalue weighted by Gasteiger charge is 2.13. The minimum atomic E-state index is -0.342. The molecule has 2 aromatic rings. The lowest BCUT2D eigenvalue weighted by atomic mass is 10.2. The largest absolute Gasteiger partial charge is 0.468 e. The van der Waals surface area contributed by atoms with Crippen LogP contribution in [0.4, 0.5) is 4.39 Å². The monoisotopic (exact) mass is 279 g/mol. The van der Waals surface area contributed by atoms with Crippen molar-refractivity contribution in [3.05, 3.63) is 36.0 Å². The van der Waals surface area contributed by atoms with E-state index < -0.39 is 0 Å². The number of halogens is 1. The normalized spacial score (nSPS) is 10.8. The van der Waals surface area contributed by atoms with Gasteiger partial charge in [-0.2, -0.15) is 4.98 Å². The second-order valence-electron chi connectivity index (χ2n) is 4.27. The maximum atomic E-state index is 12.8. The third kappa shape index (κ3) is 3.61. The Balaban J connectivity index is 2.02. The Morgan fingerprint density at radius 3 is 2.75 bits per heavy atom. The minimum absolute atomic E-state index is 0.130. The maximum Gasteiger partial charge on any atom is 0.319 e. The first kappa shape index (κ1) is 14.1. The number of hydrogen-bond donors (Lipinski definition) is 0. The van der Waals surface area contributed by atoms with Crippen molar-refractivity contribution in [2.45, 2.75) is 6.54 Å². The van der Waals surface area contributed by atoms with E-state index in [0.717, 1.165) is 0 Å². The van der Waals surface area contributed by atoms with Gasteiger partial charge in [-0.1, -0.05) is 5.16 Å². The number of likely N-dealkylation sites (N-methyl/N-ethyl adjacent to an activating group) is 1. The standard InChI is InChI=1S/C13H14FN3O3/c1-17(8-12(18)19-2)7-11-15-13(16-20-11)9-3-5-10(14)6-4-9/h3-6H,7-8H2,1-2H3. The zero-order valence-corrected chi connectivity index (χ0v) is 11.2. The Morgan fingerprint density at radius 1 is 1.40 bits per heavy atom. The molecule has 1 aromatic carbocycles. The molecule has 7 heteroatoms. The van der Waals surface area contributed by atoms with Crippen LogP contribution in [0.15, 0.2) is 28.8 Å². The first-order valence-corrected chi connectivity index (χ1v) is 5.92. The number of aromatic nitrogens is 2. The van der Waals surface area contributed by atoms with Crippen molar-refractivity contribution in [3.8, 4) is 11.4 Å². The molecule has 0 radical (unpaired) electrons. The van der Waals surface area contributed by atoms with Gasteiger partial charge in [0.25, 0.3) is 0 Å². The molecule has 1 aromatic heterocycles. The molecule has 0 fully saturated rings. The molecule has 106 valence electrons. The van der Waals surface area contributed by atoms with E-state index in [2.05, 4.69) is 14.9 Å². The summed E-state index contributed by atoms with van der Waals surface area (Å²) in [4.78, 5) is 17.0. The molecule has 2 rings (SSSR count). The number of hydrogen-bond acceptors (Lipinski definition) is 6. The van der Waals surface area contributed by atoms with Crippen molar-refractivity contribution >= 4 is 5.97 Å². The molecular formula is C13H14FN3O3. The average Bonchev–Trinajstić information content (AvgIpc) is 2.87. The van der Waals surface area contributed by atoms with Crippen molar-refractivity contribution < 1.29 is 18.4 Å². The molecule has 0 aliphatic carbocycles. The van der Waals surface area contributed by atoms with Crippen LogP contribution in [0.5, 0.6) is 0 Å². The van der Waals surface area contributed by atoms with Gasteiger partial charge in [0.1, 0.15) is 5.82 Å². The summed E-state index contributed by atoms with van der Waals surface area (Å²) in [7, 11) is 3.06. The van der Waals surface area contributed by atoms with Crippen LogP contribution in [0.25, 0.3) is 11.4 Å². The number of esters is 1. The van der Waals surface area contributed by atoms with Crippen LogP contribution in [-0.2, 0) is 16.1 Å². The molecule has 0 saturated carbocycles. The fourth-order valence-electron chi connectivity index (χ4n) is 1.61. The summed E-state index contributed by atoms with van der Waals surface area (Å²) in [5.74, 6) is 0.0863. The van der Waals surface area contributed by atoms with E-state index in [-0.39, 0.29) is 18.3 Å². The Kier molecular flexibility index (Phi) is 4.41. The van der Waals surface area contributed by atoms with Gasteiger partial charge in [-0.15, -0.1) is 0 Å². The first-order valence-electron chi connectivity index (χ1n) is 5.92. The molecule has 0 saturated heterocycles. The van der Waals surface area contributed by atoms with Gasteiger partial charge in [0.15, 0.2) is 0 Å². The molecule has 0 unspecified atom stereocenters. The SMILES string of the molecule is COC(=O)CN(C)Cc1nc(-c2ccc(F)cc2)no1. The van der Waals surface area contributed by atoms with Gasteiger partial charge >= 0.3 is 5.97 Å². The topological polar surface area (TPSA) is 68.5 Å². The molecular weight excluding hydrogens is 265 g/mol. The number of rotatable bonds is 5. The summed E-state index contributed by atoms with van der Waals surface area (Å²) < 4.78 is 22.5. The van der Waals surface area contributed by atoms with E-state index in [1.807, 2.05) is 0 Å². The third-order valence-corrected chi connectivity index (χ3v) is 2.60. The summed E-state index contributed by atoms with van der Waals surface area (Å²) in [6, 6.07) is 5.80. The number of ether oxygens (including phenoxy) is 1. The van der Waals surface area contributed by atoms with Crippen molar-refractivity contribution in [3.63, 3.8) is 0 Å². The van der Waals surface area contributed by atoms with E-state index in [4.69, 9.17) is 4.52 Å².